The van der Waals surface area contributed by atoms with Gasteiger partial charge in [0.15, 0.2) is 0 Å². The van der Waals surface area contributed by atoms with Crippen molar-refractivity contribution in [2.24, 2.45) is 0 Å². The average Bonchev–Trinajstić information content (AvgIpc) is 1.61. The molecule has 0 aliphatic carbocycles. The van der Waals surface area contributed by atoms with Crippen molar-refractivity contribution in [2.45, 2.75) is 13.3 Å². The number of rotatable bonds is 2. The van der Waals surface area contributed by atoms with Gasteiger partial charge in [0.05, 0.1) is 6.61 Å². The second-order valence-corrected chi connectivity index (χ2v) is 1.19. The van der Waals surface area contributed by atoms with Crippen molar-refractivity contribution in [2.75, 3.05) is 6.61 Å². The van der Waals surface area contributed by atoms with Crippen molar-refractivity contribution in [1.29, 1.82) is 0 Å². The smallest absolute Gasteiger partial charge is 0.302 e. The van der Waals surface area contributed by atoms with E-state index in [2.05, 4.69) is 11.7 Å². The molecule has 0 aromatic rings. The maximum atomic E-state index is 9.95. The van der Waals surface area contributed by atoms with Crippen molar-refractivity contribution >= 4 is 5.97 Å². The van der Waals surface area contributed by atoms with Crippen LogP contribution in [0.1, 0.15) is 13.3 Å². The molecular weight excluding hydrogens is 284 g/mol. The van der Waals surface area contributed by atoms with Gasteiger partial charge in [-0.2, -0.15) is 0 Å². The van der Waals surface area contributed by atoms with Crippen molar-refractivity contribution in [3.63, 3.8) is 0 Å². The van der Waals surface area contributed by atoms with Crippen molar-refractivity contribution in [3.05, 3.63) is 6.92 Å². The average molecular weight is 293 g/mol. The number of halogens is 1. The Bertz CT molecular complexity index is 68.0. The third kappa shape index (κ3) is 17.7. The standard InChI is InChI=1S/C5H9O2.HI.Zn/c1-3-4-7-5(2)6;;/h1,3-4H2,2H3;1H;/p-1. The van der Waals surface area contributed by atoms with E-state index in [1.807, 2.05) is 0 Å². The monoisotopic (exact) mass is 292 g/mol. The van der Waals surface area contributed by atoms with Crippen LogP contribution < -0.4 is 24.0 Å². The first kappa shape index (κ1) is 16.4. The molecule has 0 rings (SSSR count). The van der Waals surface area contributed by atoms with Crippen LogP contribution in [0.25, 0.3) is 0 Å². The third-order valence-corrected chi connectivity index (χ3v) is 0.450. The molecular formula is C5H9IO2Zn-. The number of ether oxygens (including phenoxy) is 1. The predicted molar refractivity (Wildman–Crippen MR) is 26.6 cm³/mol. The quantitative estimate of drug-likeness (QED) is 0.327. The van der Waals surface area contributed by atoms with E-state index in [9.17, 15) is 4.79 Å². The van der Waals surface area contributed by atoms with Gasteiger partial charge in [-0.15, -0.1) is 0 Å². The molecule has 0 bridgehead atoms. The Morgan fingerprint density at radius 1 is 1.67 bits per heavy atom. The second-order valence-electron chi connectivity index (χ2n) is 1.19. The fraction of sp³-hybridized carbons (Fsp3) is 0.600. The summed E-state index contributed by atoms with van der Waals surface area (Å²) in [6, 6.07) is 0. The van der Waals surface area contributed by atoms with Crippen LogP contribution in [-0.4, -0.2) is 12.6 Å². The van der Waals surface area contributed by atoms with Crippen LogP contribution in [0.15, 0.2) is 0 Å². The Morgan fingerprint density at radius 3 is 2.22 bits per heavy atom. The van der Waals surface area contributed by atoms with Crippen molar-refractivity contribution in [3.8, 4) is 0 Å². The zero-order valence-electron chi connectivity index (χ0n) is 5.52. The summed E-state index contributed by atoms with van der Waals surface area (Å²) in [5.41, 5.74) is 0. The molecule has 0 saturated carbocycles. The van der Waals surface area contributed by atoms with E-state index >= 15 is 0 Å². The fourth-order valence-corrected chi connectivity index (χ4v) is 0.216. The van der Waals surface area contributed by atoms with Gasteiger partial charge in [-0.1, -0.05) is 0 Å². The van der Waals surface area contributed by atoms with Crippen LogP contribution in [0.4, 0.5) is 0 Å². The number of hydrogen-bond acceptors (Lipinski definition) is 2. The molecule has 2 nitrogen and oxygen atoms in total. The molecule has 1 radical (unpaired) electrons. The van der Waals surface area contributed by atoms with Crippen LogP contribution in [0.5, 0.6) is 0 Å². The first-order valence-electron chi connectivity index (χ1n) is 2.20. The molecule has 4 heteroatoms. The third-order valence-electron chi connectivity index (χ3n) is 0.450. The van der Waals surface area contributed by atoms with E-state index in [0.29, 0.717) is 13.0 Å². The van der Waals surface area contributed by atoms with Crippen LogP contribution in [0.2, 0.25) is 0 Å². The molecule has 0 unspecified atom stereocenters. The molecule has 51 valence electrons. The van der Waals surface area contributed by atoms with Gasteiger partial charge in [-0.3, -0.25) is 4.79 Å². The molecule has 0 aromatic carbocycles. The number of esters is 1. The van der Waals surface area contributed by atoms with Gasteiger partial charge >= 0.3 is 5.97 Å². The molecule has 0 fully saturated rings. The van der Waals surface area contributed by atoms with E-state index < -0.39 is 0 Å². The molecule has 0 atom stereocenters. The summed E-state index contributed by atoms with van der Waals surface area (Å²) in [5.74, 6) is -0.233. The molecule has 0 aliphatic heterocycles. The van der Waals surface area contributed by atoms with Gasteiger partial charge in [0.25, 0.3) is 0 Å². The van der Waals surface area contributed by atoms with Gasteiger partial charge in [-0.25, -0.2) is 0 Å². The first-order valence-corrected chi connectivity index (χ1v) is 2.20. The predicted octanol–water partition coefficient (Wildman–Crippen LogP) is -2.22. The maximum Gasteiger partial charge on any atom is 0.302 e. The van der Waals surface area contributed by atoms with Crippen LogP contribution in [0.3, 0.4) is 0 Å². The molecule has 0 aromatic heterocycles. The number of hydrogen-bond donors (Lipinski definition) is 0. The van der Waals surface area contributed by atoms with Crippen molar-refractivity contribution in [1.82, 2.24) is 0 Å². The molecule has 9 heavy (non-hydrogen) atoms. The number of carbonyl (C=O) groups excluding carboxylic acids is 1. The molecule has 0 amide bonds. The molecule has 0 heterocycles. The zero-order valence-corrected chi connectivity index (χ0v) is 10.6. The zero-order chi connectivity index (χ0) is 5.70. The van der Waals surface area contributed by atoms with Gasteiger partial charge in [-0.05, 0) is 13.3 Å². The van der Waals surface area contributed by atoms with Crippen LogP contribution >= 0.6 is 0 Å². The second kappa shape index (κ2) is 11.6. The summed E-state index contributed by atoms with van der Waals surface area (Å²) in [4.78, 5) is 9.95. The van der Waals surface area contributed by atoms with E-state index in [4.69, 9.17) is 0 Å². The normalized spacial score (nSPS) is 6.44. The van der Waals surface area contributed by atoms with Gasteiger partial charge < -0.3 is 28.7 Å². The van der Waals surface area contributed by atoms with E-state index in [1.54, 1.807) is 0 Å². The first-order chi connectivity index (χ1) is 3.27. The molecule has 0 N–H and O–H groups in total. The van der Waals surface area contributed by atoms with E-state index in [0.717, 1.165) is 0 Å². The summed E-state index contributed by atoms with van der Waals surface area (Å²) >= 11 is 0. The summed E-state index contributed by atoms with van der Waals surface area (Å²) in [7, 11) is 0. The Morgan fingerprint density at radius 2 is 2.11 bits per heavy atom. The maximum absolute atomic E-state index is 9.95. The van der Waals surface area contributed by atoms with Crippen LogP contribution in [-0.2, 0) is 29.0 Å². The number of carbonyl (C=O) groups is 1. The summed E-state index contributed by atoms with van der Waals surface area (Å²) in [5, 5.41) is 0. The van der Waals surface area contributed by atoms with Gasteiger partial charge in [0.2, 0.25) is 0 Å². The fourth-order valence-electron chi connectivity index (χ4n) is 0.216. The molecule has 0 aliphatic rings. The molecule has 0 spiro atoms. The van der Waals surface area contributed by atoms with Gasteiger partial charge in [0.1, 0.15) is 0 Å². The summed E-state index contributed by atoms with van der Waals surface area (Å²) < 4.78 is 4.49. The Kier molecular flexibility index (Phi) is 21.2. The minimum absolute atomic E-state index is 0. The summed E-state index contributed by atoms with van der Waals surface area (Å²) in [6.45, 7) is 5.30. The largest absolute Gasteiger partial charge is 1.00 e. The minimum atomic E-state index is -0.233. The van der Waals surface area contributed by atoms with Crippen molar-refractivity contribution < 1.29 is 53.0 Å². The Hall–Kier alpha value is 0.823. The Balaban J connectivity index is -0.000000180. The Labute approximate surface area is 85.5 Å². The van der Waals surface area contributed by atoms with Crippen LogP contribution in [0, 0.1) is 6.92 Å². The van der Waals surface area contributed by atoms with E-state index in [1.165, 1.54) is 6.92 Å². The summed E-state index contributed by atoms with van der Waals surface area (Å²) in [6.07, 6.45) is 0.652. The topological polar surface area (TPSA) is 26.3 Å². The minimum Gasteiger partial charge on any atom is -1.00 e. The SMILES string of the molecule is [CH2]CCOC(C)=O.[I-].[Zn]. The van der Waals surface area contributed by atoms with E-state index in [-0.39, 0.29) is 49.4 Å². The molecule has 0 saturated heterocycles. The van der Waals surface area contributed by atoms with Gasteiger partial charge in [0, 0.05) is 26.4 Å².